The number of rotatable bonds is 7. The van der Waals surface area contributed by atoms with E-state index in [1.807, 2.05) is 42.5 Å². The van der Waals surface area contributed by atoms with E-state index in [1.165, 1.54) is 5.56 Å². The smallest absolute Gasteiger partial charge is 0.220 e. The van der Waals surface area contributed by atoms with Gasteiger partial charge >= 0.3 is 0 Å². The van der Waals surface area contributed by atoms with Crippen molar-refractivity contribution in [1.29, 1.82) is 0 Å². The molecule has 2 aromatic rings. The summed E-state index contributed by atoms with van der Waals surface area (Å²) in [5.41, 5.74) is 2.23. The molecule has 1 aliphatic heterocycles. The lowest BCUT2D eigenvalue weighted by Gasteiger charge is -2.35. The first-order chi connectivity index (χ1) is 12.7. The van der Waals surface area contributed by atoms with E-state index in [1.54, 1.807) is 0 Å². The van der Waals surface area contributed by atoms with Gasteiger partial charge in [-0.2, -0.15) is 0 Å². The number of nitrogens with zero attached hydrogens (tertiary/aromatic N) is 1. The van der Waals surface area contributed by atoms with Crippen molar-refractivity contribution in [3.8, 4) is 0 Å². The van der Waals surface area contributed by atoms with Gasteiger partial charge in [0.15, 0.2) is 0 Å². The van der Waals surface area contributed by atoms with Crippen molar-refractivity contribution in [2.45, 2.75) is 18.9 Å². The monoisotopic (exact) mass is 372 g/mol. The molecule has 138 valence electrons. The van der Waals surface area contributed by atoms with Crippen LogP contribution in [-0.4, -0.2) is 43.7 Å². The Morgan fingerprint density at radius 1 is 1.08 bits per heavy atom. The molecule has 1 saturated heterocycles. The fraction of sp³-hybridized carbons (Fsp3) is 0.381. The molecule has 0 bridgehead atoms. The highest BCUT2D eigenvalue weighted by molar-refractivity contribution is 6.31. The second-order valence-corrected chi connectivity index (χ2v) is 6.88. The van der Waals surface area contributed by atoms with Gasteiger partial charge in [0.1, 0.15) is 0 Å². The third-order valence-corrected chi connectivity index (χ3v) is 5.11. The van der Waals surface area contributed by atoms with E-state index in [4.69, 9.17) is 16.3 Å². The van der Waals surface area contributed by atoms with Crippen molar-refractivity contribution in [3.05, 3.63) is 70.7 Å². The minimum absolute atomic E-state index is 0.0547. The Kier molecular flexibility index (Phi) is 7.06. The molecule has 1 atom stereocenters. The molecule has 0 aliphatic carbocycles. The van der Waals surface area contributed by atoms with Crippen molar-refractivity contribution in [3.63, 3.8) is 0 Å². The molecule has 0 spiro atoms. The van der Waals surface area contributed by atoms with Crippen LogP contribution >= 0.6 is 11.6 Å². The van der Waals surface area contributed by atoms with Crippen LogP contribution in [0.5, 0.6) is 0 Å². The van der Waals surface area contributed by atoms with Crippen molar-refractivity contribution in [2.24, 2.45) is 0 Å². The summed E-state index contributed by atoms with van der Waals surface area (Å²) in [6, 6.07) is 18.2. The Morgan fingerprint density at radius 2 is 1.77 bits per heavy atom. The highest BCUT2D eigenvalue weighted by Crippen LogP contribution is 2.21. The molecule has 0 saturated carbocycles. The fourth-order valence-corrected chi connectivity index (χ4v) is 3.50. The maximum atomic E-state index is 12.3. The zero-order valence-corrected chi connectivity index (χ0v) is 15.6. The van der Waals surface area contributed by atoms with E-state index in [2.05, 4.69) is 22.3 Å². The number of halogens is 1. The van der Waals surface area contributed by atoms with Crippen LogP contribution < -0.4 is 5.32 Å². The maximum Gasteiger partial charge on any atom is 0.220 e. The summed E-state index contributed by atoms with van der Waals surface area (Å²) in [4.78, 5) is 14.7. The van der Waals surface area contributed by atoms with Crippen molar-refractivity contribution >= 4 is 17.5 Å². The van der Waals surface area contributed by atoms with Crippen LogP contribution in [0.25, 0.3) is 0 Å². The number of carbonyl (C=O) groups is 1. The lowest BCUT2D eigenvalue weighted by atomic mass is 10.0. The fourth-order valence-electron chi connectivity index (χ4n) is 3.27. The van der Waals surface area contributed by atoms with Crippen LogP contribution in [0.15, 0.2) is 54.6 Å². The van der Waals surface area contributed by atoms with Gasteiger partial charge in [0.25, 0.3) is 0 Å². The number of carbonyl (C=O) groups excluding carboxylic acids is 1. The van der Waals surface area contributed by atoms with Crippen LogP contribution in [0.3, 0.4) is 0 Å². The first-order valence-electron chi connectivity index (χ1n) is 9.11. The molecule has 1 heterocycles. The Morgan fingerprint density at radius 3 is 2.50 bits per heavy atom. The third kappa shape index (κ3) is 5.31. The second-order valence-electron chi connectivity index (χ2n) is 6.47. The first kappa shape index (κ1) is 18.9. The quantitative estimate of drug-likeness (QED) is 0.809. The molecule has 5 heteroatoms. The molecule has 2 aromatic carbocycles. The highest BCUT2D eigenvalue weighted by atomic mass is 35.5. The second kappa shape index (κ2) is 9.72. The molecular formula is C21H25ClN2O2. The lowest BCUT2D eigenvalue weighted by Crippen LogP contribution is -2.43. The summed E-state index contributed by atoms with van der Waals surface area (Å²) in [7, 11) is 0. The molecule has 1 fully saturated rings. The predicted molar refractivity (Wildman–Crippen MR) is 104 cm³/mol. The van der Waals surface area contributed by atoms with Crippen LogP contribution in [-0.2, 0) is 16.0 Å². The van der Waals surface area contributed by atoms with Crippen molar-refractivity contribution in [2.75, 3.05) is 32.8 Å². The average molecular weight is 373 g/mol. The van der Waals surface area contributed by atoms with Crippen molar-refractivity contribution < 1.29 is 9.53 Å². The van der Waals surface area contributed by atoms with Gasteiger partial charge in [0, 0.05) is 31.1 Å². The number of ether oxygens (including phenoxy) is 1. The summed E-state index contributed by atoms with van der Waals surface area (Å²) in [6.45, 7) is 3.85. The topological polar surface area (TPSA) is 41.6 Å². The molecule has 1 unspecified atom stereocenters. The molecule has 1 amide bonds. The van der Waals surface area contributed by atoms with Crippen LogP contribution in [0.4, 0.5) is 0 Å². The predicted octanol–water partition coefficient (Wildman–Crippen LogP) is 3.46. The average Bonchev–Trinajstić information content (AvgIpc) is 2.69. The Bertz CT molecular complexity index is 702. The van der Waals surface area contributed by atoms with Gasteiger partial charge in [-0.15, -0.1) is 0 Å². The molecule has 0 aromatic heterocycles. The van der Waals surface area contributed by atoms with Crippen LogP contribution in [0.2, 0.25) is 5.02 Å². The van der Waals surface area contributed by atoms with Gasteiger partial charge in [-0.05, 0) is 23.6 Å². The van der Waals surface area contributed by atoms with Crippen molar-refractivity contribution in [1.82, 2.24) is 10.2 Å². The zero-order valence-electron chi connectivity index (χ0n) is 14.9. The number of hydrogen-bond acceptors (Lipinski definition) is 3. The number of hydrogen-bond donors (Lipinski definition) is 1. The molecule has 1 N–H and O–H groups in total. The lowest BCUT2D eigenvalue weighted by molar-refractivity contribution is -0.121. The first-order valence-corrected chi connectivity index (χ1v) is 9.48. The molecule has 3 rings (SSSR count). The normalized spacial score (nSPS) is 16.2. The summed E-state index contributed by atoms with van der Waals surface area (Å²) in [6.07, 6.45) is 1.09. The summed E-state index contributed by atoms with van der Waals surface area (Å²) in [5, 5.41) is 3.82. The highest BCUT2D eigenvalue weighted by Gasteiger charge is 2.23. The SMILES string of the molecule is O=C(CCc1ccccc1Cl)NCC(c1ccccc1)N1CCOCC1. The van der Waals surface area contributed by atoms with E-state index in [9.17, 15) is 4.79 Å². The van der Waals surface area contributed by atoms with E-state index in [0.29, 0.717) is 19.4 Å². The standard InChI is InChI=1S/C21H25ClN2O2/c22-19-9-5-4-6-17(19)10-11-21(25)23-16-20(18-7-2-1-3-8-18)24-12-14-26-15-13-24/h1-9,20H,10-16H2,(H,23,25). The van der Waals surface area contributed by atoms with E-state index < -0.39 is 0 Å². The number of morpholine rings is 1. The summed E-state index contributed by atoms with van der Waals surface area (Å²) < 4.78 is 5.47. The number of aryl methyl sites for hydroxylation is 1. The largest absolute Gasteiger partial charge is 0.379 e. The van der Waals surface area contributed by atoms with E-state index in [0.717, 1.165) is 36.9 Å². The summed E-state index contributed by atoms with van der Waals surface area (Å²) in [5.74, 6) is 0.0547. The van der Waals surface area contributed by atoms with Gasteiger partial charge in [-0.1, -0.05) is 60.1 Å². The van der Waals surface area contributed by atoms with Gasteiger partial charge in [0.2, 0.25) is 5.91 Å². The Hall–Kier alpha value is -1.88. The zero-order chi connectivity index (χ0) is 18.2. The Balaban J connectivity index is 1.56. The van der Waals surface area contributed by atoms with E-state index >= 15 is 0 Å². The third-order valence-electron chi connectivity index (χ3n) is 4.74. The molecule has 4 nitrogen and oxygen atoms in total. The molecule has 26 heavy (non-hydrogen) atoms. The molecular weight excluding hydrogens is 348 g/mol. The van der Waals surface area contributed by atoms with E-state index in [-0.39, 0.29) is 11.9 Å². The Labute approximate surface area is 160 Å². The maximum absolute atomic E-state index is 12.3. The molecule has 0 radical (unpaired) electrons. The van der Waals surface area contributed by atoms with Crippen LogP contribution in [0.1, 0.15) is 23.6 Å². The molecule has 1 aliphatic rings. The minimum atomic E-state index is 0.0547. The van der Waals surface area contributed by atoms with Crippen LogP contribution in [0, 0.1) is 0 Å². The number of benzene rings is 2. The minimum Gasteiger partial charge on any atom is -0.379 e. The van der Waals surface area contributed by atoms with Gasteiger partial charge in [-0.3, -0.25) is 9.69 Å². The van der Waals surface area contributed by atoms with Gasteiger partial charge < -0.3 is 10.1 Å². The summed E-state index contributed by atoms with van der Waals surface area (Å²) >= 11 is 6.17. The van der Waals surface area contributed by atoms with Gasteiger partial charge in [0.05, 0.1) is 19.3 Å². The van der Waals surface area contributed by atoms with Gasteiger partial charge in [-0.25, -0.2) is 0 Å². The number of amides is 1. The number of nitrogens with one attached hydrogen (secondary N) is 1.